The fourth-order valence-corrected chi connectivity index (χ4v) is 2.97. The molecule has 3 rings (SSSR count). The second-order valence-electron chi connectivity index (χ2n) is 6.05. The van der Waals surface area contributed by atoms with Crippen LogP contribution < -0.4 is 10.6 Å². The van der Waals surface area contributed by atoms with Crippen LogP contribution in [0.1, 0.15) is 18.4 Å². The summed E-state index contributed by atoms with van der Waals surface area (Å²) in [5.74, 6) is -0.284. The van der Waals surface area contributed by atoms with Crippen LogP contribution in [-0.2, 0) is 4.79 Å². The Labute approximate surface area is 157 Å². The van der Waals surface area contributed by atoms with Gasteiger partial charge in [-0.15, -0.1) is 0 Å². The Morgan fingerprint density at radius 3 is 2.35 bits per heavy atom. The third-order valence-electron chi connectivity index (χ3n) is 4.10. The van der Waals surface area contributed by atoms with Gasteiger partial charge in [-0.1, -0.05) is 35.9 Å². The van der Waals surface area contributed by atoms with Gasteiger partial charge in [-0.2, -0.15) is 0 Å². The van der Waals surface area contributed by atoms with Gasteiger partial charge in [-0.05, 0) is 48.7 Å². The molecule has 3 amide bonds. The zero-order valence-electron chi connectivity index (χ0n) is 14.2. The van der Waals surface area contributed by atoms with Crippen molar-refractivity contribution in [1.29, 1.82) is 0 Å². The summed E-state index contributed by atoms with van der Waals surface area (Å²) in [6.07, 6.45) is 5.18. The molecular weight excluding hydrogens is 350 g/mol. The zero-order chi connectivity index (χ0) is 18.4. The Kier molecular flexibility index (Phi) is 5.92. The topological polar surface area (TPSA) is 61.4 Å². The number of hydrogen-bond donors (Lipinski definition) is 2. The number of para-hydroxylation sites is 2. The van der Waals surface area contributed by atoms with E-state index in [0.717, 1.165) is 31.5 Å². The number of carbonyl (C=O) groups is 2. The van der Waals surface area contributed by atoms with Gasteiger partial charge in [0.05, 0.1) is 11.4 Å². The zero-order valence-corrected chi connectivity index (χ0v) is 15.0. The number of halogens is 1. The molecule has 5 nitrogen and oxygen atoms in total. The molecule has 0 aliphatic carbocycles. The molecule has 1 fully saturated rings. The van der Waals surface area contributed by atoms with E-state index in [4.69, 9.17) is 11.6 Å². The first-order chi connectivity index (χ1) is 12.6. The van der Waals surface area contributed by atoms with Crippen LogP contribution in [0.15, 0.2) is 54.6 Å². The lowest BCUT2D eigenvalue weighted by Gasteiger charge is -2.18. The van der Waals surface area contributed by atoms with Gasteiger partial charge in [0.15, 0.2) is 0 Å². The van der Waals surface area contributed by atoms with E-state index < -0.39 is 0 Å². The Hall–Kier alpha value is -2.79. The maximum absolute atomic E-state index is 12.3. The summed E-state index contributed by atoms with van der Waals surface area (Å²) < 4.78 is 0. The Morgan fingerprint density at radius 2 is 1.65 bits per heavy atom. The smallest absolute Gasteiger partial charge is 0.321 e. The summed E-state index contributed by atoms with van der Waals surface area (Å²) in [6, 6.07) is 14.2. The first-order valence-corrected chi connectivity index (χ1v) is 8.89. The maximum atomic E-state index is 12.3. The van der Waals surface area contributed by atoms with Crippen molar-refractivity contribution in [3.8, 4) is 0 Å². The number of carbonyl (C=O) groups excluding carboxylic acids is 2. The summed E-state index contributed by atoms with van der Waals surface area (Å²) in [5, 5.41) is 6.28. The fourth-order valence-electron chi connectivity index (χ4n) is 2.77. The molecule has 1 aliphatic heterocycles. The lowest BCUT2D eigenvalue weighted by molar-refractivity contribution is -0.111. The number of benzene rings is 2. The molecule has 0 bridgehead atoms. The van der Waals surface area contributed by atoms with E-state index in [2.05, 4.69) is 10.6 Å². The second kappa shape index (κ2) is 8.54. The first-order valence-electron chi connectivity index (χ1n) is 8.51. The molecule has 2 aromatic rings. The molecule has 0 atom stereocenters. The highest BCUT2D eigenvalue weighted by molar-refractivity contribution is 6.30. The SMILES string of the molecule is O=C(/C=C/c1cccc(Cl)c1)Nc1ccccc1NC(=O)N1CCCC1. The Morgan fingerprint density at radius 1 is 0.962 bits per heavy atom. The quantitative estimate of drug-likeness (QED) is 0.772. The van der Waals surface area contributed by atoms with Crippen molar-refractivity contribution >= 4 is 41.0 Å². The Balaban J connectivity index is 1.65. The molecule has 6 heteroatoms. The number of amides is 3. The van der Waals surface area contributed by atoms with Crippen LogP contribution in [0.3, 0.4) is 0 Å². The van der Waals surface area contributed by atoms with Gasteiger partial charge in [0.25, 0.3) is 0 Å². The monoisotopic (exact) mass is 369 g/mol. The molecule has 0 aromatic heterocycles. The molecular formula is C20H20ClN3O2. The number of urea groups is 1. The summed E-state index contributed by atoms with van der Waals surface area (Å²) >= 11 is 5.93. The van der Waals surface area contributed by atoms with Gasteiger partial charge >= 0.3 is 6.03 Å². The first kappa shape index (κ1) is 18.0. The van der Waals surface area contributed by atoms with E-state index in [1.54, 1.807) is 35.2 Å². The third kappa shape index (κ3) is 4.86. The summed E-state index contributed by atoms with van der Waals surface area (Å²) in [7, 11) is 0. The average molecular weight is 370 g/mol. The van der Waals surface area contributed by atoms with Crippen LogP contribution in [0, 0.1) is 0 Å². The van der Waals surface area contributed by atoms with Crippen LogP contribution in [0.4, 0.5) is 16.2 Å². The van der Waals surface area contributed by atoms with Gasteiger partial charge < -0.3 is 15.5 Å². The van der Waals surface area contributed by atoms with Crippen molar-refractivity contribution in [2.24, 2.45) is 0 Å². The standard InChI is InChI=1S/C20H20ClN3O2/c21-16-7-5-6-15(14-16)10-11-19(25)22-17-8-1-2-9-18(17)23-20(26)24-12-3-4-13-24/h1-2,5-11,14H,3-4,12-13H2,(H,22,25)(H,23,26)/b11-10+. The molecule has 1 aliphatic rings. The van der Waals surface area contributed by atoms with Gasteiger partial charge in [0.1, 0.15) is 0 Å². The van der Waals surface area contributed by atoms with Crippen molar-refractivity contribution in [1.82, 2.24) is 4.90 Å². The number of nitrogens with one attached hydrogen (secondary N) is 2. The lowest BCUT2D eigenvalue weighted by Crippen LogP contribution is -2.32. The van der Waals surface area contributed by atoms with Crippen molar-refractivity contribution < 1.29 is 9.59 Å². The van der Waals surface area contributed by atoms with Crippen molar-refractivity contribution in [3.63, 3.8) is 0 Å². The molecule has 0 unspecified atom stereocenters. The van der Waals surface area contributed by atoms with Gasteiger partial charge in [0, 0.05) is 24.2 Å². The van der Waals surface area contributed by atoms with Gasteiger partial charge in [0.2, 0.25) is 5.91 Å². The molecule has 0 spiro atoms. The molecule has 26 heavy (non-hydrogen) atoms. The van der Waals surface area contributed by atoms with Gasteiger partial charge in [-0.3, -0.25) is 4.79 Å². The van der Waals surface area contributed by atoms with Crippen LogP contribution in [0.2, 0.25) is 5.02 Å². The number of hydrogen-bond acceptors (Lipinski definition) is 2. The normalized spacial score (nSPS) is 13.8. The van der Waals surface area contributed by atoms with E-state index in [1.807, 2.05) is 24.3 Å². The molecule has 2 N–H and O–H groups in total. The molecule has 0 saturated carbocycles. The van der Waals surface area contributed by atoms with E-state index in [9.17, 15) is 9.59 Å². The number of rotatable bonds is 4. The molecule has 1 saturated heterocycles. The summed E-state index contributed by atoms with van der Waals surface area (Å²) in [6.45, 7) is 1.53. The second-order valence-corrected chi connectivity index (χ2v) is 6.48. The molecule has 2 aromatic carbocycles. The van der Waals surface area contributed by atoms with E-state index >= 15 is 0 Å². The predicted molar refractivity (Wildman–Crippen MR) is 105 cm³/mol. The van der Waals surface area contributed by atoms with Crippen LogP contribution >= 0.6 is 11.6 Å². The van der Waals surface area contributed by atoms with Gasteiger partial charge in [-0.25, -0.2) is 4.79 Å². The molecule has 134 valence electrons. The average Bonchev–Trinajstić information content (AvgIpc) is 3.17. The number of likely N-dealkylation sites (tertiary alicyclic amines) is 1. The highest BCUT2D eigenvalue weighted by Crippen LogP contribution is 2.22. The van der Waals surface area contributed by atoms with Crippen LogP contribution in [0.25, 0.3) is 6.08 Å². The van der Waals surface area contributed by atoms with E-state index in [-0.39, 0.29) is 11.9 Å². The van der Waals surface area contributed by atoms with Crippen LogP contribution in [0.5, 0.6) is 0 Å². The van der Waals surface area contributed by atoms with Crippen molar-refractivity contribution in [2.45, 2.75) is 12.8 Å². The maximum Gasteiger partial charge on any atom is 0.321 e. The fraction of sp³-hybridized carbons (Fsp3) is 0.200. The highest BCUT2D eigenvalue weighted by Gasteiger charge is 2.18. The highest BCUT2D eigenvalue weighted by atomic mass is 35.5. The minimum Gasteiger partial charge on any atom is -0.325 e. The van der Waals surface area contributed by atoms with Crippen LogP contribution in [-0.4, -0.2) is 29.9 Å². The molecule has 1 heterocycles. The number of anilines is 2. The number of nitrogens with zero attached hydrogens (tertiary/aromatic N) is 1. The van der Waals surface area contributed by atoms with Crippen molar-refractivity contribution in [2.75, 3.05) is 23.7 Å². The minimum absolute atomic E-state index is 0.140. The van der Waals surface area contributed by atoms with E-state index in [1.165, 1.54) is 6.08 Å². The Bertz CT molecular complexity index is 829. The minimum atomic E-state index is -0.284. The summed E-state index contributed by atoms with van der Waals surface area (Å²) in [4.78, 5) is 26.3. The largest absolute Gasteiger partial charge is 0.325 e. The lowest BCUT2D eigenvalue weighted by atomic mass is 10.2. The third-order valence-corrected chi connectivity index (χ3v) is 4.33. The van der Waals surface area contributed by atoms with E-state index in [0.29, 0.717) is 16.4 Å². The predicted octanol–water partition coefficient (Wildman–Crippen LogP) is 4.62. The molecule has 0 radical (unpaired) electrons. The van der Waals surface area contributed by atoms with Crippen molar-refractivity contribution in [3.05, 3.63) is 65.2 Å². The summed E-state index contributed by atoms with van der Waals surface area (Å²) in [5.41, 5.74) is 1.97.